The molecular formula is C15H24N2O. The molecule has 0 aromatic carbocycles. The Morgan fingerprint density at radius 1 is 1.17 bits per heavy atom. The monoisotopic (exact) mass is 248 g/mol. The number of nitrogens with zero attached hydrogens (tertiary/aromatic N) is 2. The van der Waals surface area contributed by atoms with Gasteiger partial charge in [0.15, 0.2) is 0 Å². The lowest BCUT2D eigenvalue weighted by atomic mass is 10.1. The van der Waals surface area contributed by atoms with Crippen LogP contribution >= 0.6 is 0 Å². The Hall–Kier alpha value is -1.38. The van der Waals surface area contributed by atoms with Crippen LogP contribution in [0.5, 0.6) is 0 Å². The molecule has 18 heavy (non-hydrogen) atoms. The lowest BCUT2D eigenvalue weighted by molar-refractivity contribution is -0.131. The van der Waals surface area contributed by atoms with Gasteiger partial charge in [-0.25, -0.2) is 0 Å². The van der Waals surface area contributed by atoms with Crippen LogP contribution in [-0.4, -0.2) is 28.9 Å². The average Bonchev–Trinajstić information content (AvgIpc) is 2.28. The number of carbonyl (C=O) groups excluding carboxylic acids is 1. The van der Waals surface area contributed by atoms with Gasteiger partial charge in [-0.15, -0.1) is 0 Å². The second-order valence-corrected chi connectivity index (χ2v) is 5.58. The van der Waals surface area contributed by atoms with Crippen LogP contribution in [-0.2, 0) is 11.2 Å². The average molecular weight is 248 g/mol. The molecule has 0 N–H and O–H groups in total. The van der Waals surface area contributed by atoms with Crippen LogP contribution in [0.15, 0.2) is 24.4 Å². The van der Waals surface area contributed by atoms with Gasteiger partial charge in [-0.3, -0.25) is 9.78 Å². The van der Waals surface area contributed by atoms with Crippen molar-refractivity contribution in [2.75, 3.05) is 13.1 Å². The van der Waals surface area contributed by atoms with Crippen LogP contribution in [0.4, 0.5) is 0 Å². The third-order valence-corrected chi connectivity index (χ3v) is 2.58. The standard InChI is InChI=1S/C15H24N2O/c1-12(2)10-17(11-13(3)4)15(18)9-14-7-5-6-8-16-14/h5-8,12-13H,9-11H2,1-4H3. The third kappa shape index (κ3) is 5.30. The maximum Gasteiger partial charge on any atom is 0.228 e. The molecule has 0 saturated heterocycles. The molecule has 100 valence electrons. The molecule has 1 amide bonds. The van der Waals surface area contributed by atoms with Gasteiger partial charge in [0.25, 0.3) is 0 Å². The molecule has 0 aliphatic carbocycles. The van der Waals surface area contributed by atoms with Crippen molar-refractivity contribution >= 4 is 5.91 Å². The van der Waals surface area contributed by atoms with E-state index in [1.807, 2.05) is 23.1 Å². The van der Waals surface area contributed by atoms with Crippen molar-refractivity contribution in [1.82, 2.24) is 9.88 Å². The van der Waals surface area contributed by atoms with Crippen molar-refractivity contribution in [3.63, 3.8) is 0 Å². The molecule has 0 aliphatic heterocycles. The van der Waals surface area contributed by atoms with E-state index in [9.17, 15) is 4.79 Å². The molecule has 1 aromatic heterocycles. The van der Waals surface area contributed by atoms with E-state index in [0.717, 1.165) is 18.8 Å². The maximum atomic E-state index is 12.3. The predicted molar refractivity (Wildman–Crippen MR) is 74.2 cm³/mol. The van der Waals surface area contributed by atoms with Gasteiger partial charge in [0.1, 0.15) is 0 Å². The Labute approximate surface area is 110 Å². The summed E-state index contributed by atoms with van der Waals surface area (Å²) in [6.45, 7) is 10.2. The van der Waals surface area contributed by atoms with Gasteiger partial charge in [0.2, 0.25) is 5.91 Å². The van der Waals surface area contributed by atoms with Crippen molar-refractivity contribution in [1.29, 1.82) is 0 Å². The highest BCUT2D eigenvalue weighted by Gasteiger charge is 2.16. The highest BCUT2D eigenvalue weighted by molar-refractivity contribution is 5.78. The lowest BCUT2D eigenvalue weighted by Gasteiger charge is -2.26. The highest BCUT2D eigenvalue weighted by Crippen LogP contribution is 2.07. The number of aromatic nitrogens is 1. The van der Waals surface area contributed by atoms with Gasteiger partial charge in [-0.1, -0.05) is 33.8 Å². The van der Waals surface area contributed by atoms with E-state index >= 15 is 0 Å². The number of carbonyl (C=O) groups is 1. The van der Waals surface area contributed by atoms with Crippen molar-refractivity contribution in [2.24, 2.45) is 11.8 Å². The molecule has 1 rings (SSSR count). The largest absolute Gasteiger partial charge is 0.342 e. The van der Waals surface area contributed by atoms with E-state index in [2.05, 4.69) is 32.7 Å². The minimum Gasteiger partial charge on any atom is -0.342 e. The smallest absolute Gasteiger partial charge is 0.228 e. The number of rotatable bonds is 6. The Morgan fingerprint density at radius 2 is 1.78 bits per heavy atom. The molecule has 0 bridgehead atoms. The summed E-state index contributed by atoms with van der Waals surface area (Å²) in [5, 5.41) is 0. The van der Waals surface area contributed by atoms with Crippen LogP contribution in [0.3, 0.4) is 0 Å². The third-order valence-electron chi connectivity index (χ3n) is 2.58. The van der Waals surface area contributed by atoms with E-state index in [4.69, 9.17) is 0 Å². The summed E-state index contributed by atoms with van der Waals surface area (Å²) in [4.78, 5) is 18.4. The second-order valence-electron chi connectivity index (χ2n) is 5.58. The van der Waals surface area contributed by atoms with E-state index in [-0.39, 0.29) is 5.91 Å². The first-order valence-corrected chi connectivity index (χ1v) is 6.66. The van der Waals surface area contributed by atoms with Crippen LogP contribution in [0.25, 0.3) is 0 Å². The Kier molecular flexibility index (Phi) is 5.83. The molecule has 1 heterocycles. The van der Waals surface area contributed by atoms with E-state index < -0.39 is 0 Å². The fourth-order valence-corrected chi connectivity index (χ4v) is 1.93. The summed E-state index contributed by atoms with van der Waals surface area (Å²) in [6.07, 6.45) is 2.14. The number of hydrogen-bond acceptors (Lipinski definition) is 2. The maximum absolute atomic E-state index is 12.3. The van der Waals surface area contributed by atoms with Gasteiger partial charge in [0, 0.05) is 25.0 Å². The predicted octanol–water partition coefficient (Wildman–Crippen LogP) is 2.76. The zero-order valence-electron chi connectivity index (χ0n) is 11.9. The molecule has 0 unspecified atom stereocenters. The quantitative estimate of drug-likeness (QED) is 0.775. The number of hydrogen-bond donors (Lipinski definition) is 0. The molecular weight excluding hydrogens is 224 g/mol. The minimum absolute atomic E-state index is 0.177. The minimum atomic E-state index is 0.177. The van der Waals surface area contributed by atoms with Gasteiger partial charge < -0.3 is 4.90 Å². The first kappa shape index (κ1) is 14.7. The summed E-state index contributed by atoms with van der Waals surface area (Å²) in [5.74, 6) is 1.17. The first-order valence-electron chi connectivity index (χ1n) is 6.66. The number of amides is 1. The van der Waals surface area contributed by atoms with E-state index in [0.29, 0.717) is 18.3 Å². The zero-order valence-corrected chi connectivity index (χ0v) is 11.9. The highest BCUT2D eigenvalue weighted by atomic mass is 16.2. The molecule has 0 spiro atoms. The lowest BCUT2D eigenvalue weighted by Crippen LogP contribution is -2.38. The van der Waals surface area contributed by atoms with Gasteiger partial charge in [-0.2, -0.15) is 0 Å². The van der Waals surface area contributed by atoms with Crippen molar-refractivity contribution < 1.29 is 4.79 Å². The molecule has 0 saturated carbocycles. The van der Waals surface area contributed by atoms with Gasteiger partial charge in [0.05, 0.1) is 6.42 Å². The summed E-state index contributed by atoms with van der Waals surface area (Å²) in [5.41, 5.74) is 0.847. The molecule has 0 atom stereocenters. The molecule has 0 fully saturated rings. The fraction of sp³-hybridized carbons (Fsp3) is 0.600. The Morgan fingerprint density at radius 3 is 2.22 bits per heavy atom. The summed E-state index contributed by atoms with van der Waals surface area (Å²) in [7, 11) is 0. The zero-order chi connectivity index (χ0) is 13.5. The first-order chi connectivity index (χ1) is 8.49. The van der Waals surface area contributed by atoms with Crippen molar-refractivity contribution in [2.45, 2.75) is 34.1 Å². The summed E-state index contributed by atoms with van der Waals surface area (Å²) >= 11 is 0. The molecule has 1 aromatic rings. The van der Waals surface area contributed by atoms with Crippen LogP contribution < -0.4 is 0 Å². The second kappa shape index (κ2) is 7.14. The van der Waals surface area contributed by atoms with Crippen LogP contribution in [0.1, 0.15) is 33.4 Å². The van der Waals surface area contributed by atoms with Gasteiger partial charge in [-0.05, 0) is 24.0 Å². The summed E-state index contributed by atoms with van der Waals surface area (Å²) < 4.78 is 0. The van der Waals surface area contributed by atoms with E-state index in [1.165, 1.54) is 0 Å². The normalized spacial score (nSPS) is 11.0. The SMILES string of the molecule is CC(C)CN(CC(C)C)C(=O)Cc1ccccn1. The molecule has 3 nitrogen and oxygen atoms in total. The van der Waals surface area contributed by atoms with Crippen LogP contribution in [0, 0.1) is 11.8 Å². The molecule has 3 heteroatoms. The summed E-state index contributed by atoms with van der Waals surface area (Å²) in [6, 6.07) is 5.69. The van der Waals surface area contributed by atoms with Gasteiger partial charge >= 0.3 is 0 Å². The molecule has 0 radical (unpaired) electrons. The Bertz CT molecular complexity index is 350. The van der Waals surface area contributed by atoms with Crippen molar-refractivity contribution in [3.8, 4) is 0 Å². The topological polar surface area (TPSA) is 33.2 Å². The molecule has 0 aliphatic rings. The number of pyridine rings is 1. The van der Waals surface area contributed by atoms with Crippen LogP contribution in [0.2, 0.25) is 0 Å². The van der Waals surface area contributed by atoms with Crippen molar-refractivity contribution in [3.05, 3.63) is 30.1 Å². The Balaban J connectivity index is 2.64. The fourth-order valence-electron chi connectivity index (χ4n) is 1.93. The van der Waals surface area contributed by atoms with E-state index in [1.54, 1.807) is 6.20 Å².